The molecule has 0 radical (unpaired) electrons. The number of hydrogen-bond acceptors (Lipinski definition) is 0. The van der Waals surface area contributed by atoms with Crippen LogP contribution < -0.4 is 4.48 Å². The normalized spacial score (nSPS) is 14.4. The van der Waals surface area contributed by atoms with E-state index in [9.17, 15) is 0 Å². The van der Waals surface area contributed by atoms with Crippen LogP contribution in [0, 0.1) is 22.9 Å². The molecule has 1 aliphatic heterocycles. The average molecular weight is 715 g/mol. The van der Waals surface area contributed by atoms with Crippen LogP contribution >= 0.6 is 31.9 Å². The summed E-state index contributed by atoms with van der Waals surface area (Å²) in [6, 6.07) is 13.6. The van der Waals surface area contributed by atoms with Crippen LogP contribution in [0.1, 0.15) is 83.1 Å². The van der Waals surface area contributed by atoms with Gasteiger partial charge in [0.2, 0.25) is 0 Å². The third-order valence-electron chi connectivity index (χ3n) is 10.2. The van der Waals surface area contributed by atoms with Crippen molar-refractivity contribution >= 4 is 59.4 Å². The molecule has 1 aliphatic rings. The first-order chi connectivity index (χ1) is 19.1. The molecule has 1 nitrogen and oxygen atoms in total. The fourth-order valence-corrected chi connectivity index (χ4v) is 19.5. The van der Waals surface area contributed by atoms with Crippen molar-refractivity contribution in [3.63, 3.8) is 0 Å². The maximum atomic E-state index is 4.04. The lowest BCUT2D eigenvalue weighted by atomic mass is 10.1. The lowest BCUT2D eigenvalue weighted by molar-refractivity contribution is 0.485. The van der Waals surface area contributed by atoms with Crippen LogP contribution in [0.4, 0.5) is 11.4 Å². The molecule has 0 amide bonds. The molecule has 0 bridgehead atoms. The van der Waals surface area contributed by atoms with Crippen LogP contribution in [0.5, 0.6) is 0 Å². The van der Waals surface area contributed by atoms with Gasteiger partial charge in [-0.1, -0.05) is 115 Å². The molecule has 0 saturated heterocycles. The minimum atomic E-state index is -1.85. The SMILES string of the molecule is CC(C)[Si](C#CC[N+]1(CC#C[Si](C(C)C)(C(C)C)C(C)C)c2ccc(Br)cc2-c2cc(Br)ccc21)(C(C)C)C(C)C. The minimum absolute atomic E-state index is 0.614. The van der Waals surface area contributed by atoms with Gasteiger partial charge in [-0.2, -0.15) is 0 Å². The zero-order valence-corrected chi connectivity index (χ0v) is 32.7. The number of fused-ring (bicyclic) bond motifs is 3. The summed E-state index contributed by atoms with van der Waals surface area (Å²) in [5.41, 5.74) is 17.0. The van der Waals surface area contributed by atoms with Crippen LogP contribution in [0.3, 0.4) is 0 Å². The smallest absolute Gasteiger partial charge is 0.150 e. The van der Waals surface area contributed by atoms with Gasteiger partial charge in [0, 0.05) is 21.1 Å². The molecule has 2 aromatic carbocycles. The van der Waals surface area contributed by atoms with Crippen molar-refractivity contribution in [2.24, 2.45) is 0 Å². The molecule has 0 aromatic heterocycles. The topological polar surface area (TPSA) is 0 Å². The Labute approximate surface area is 271 Å². The molecular weight excluding hydrogens is 662 g/mol. The number of benzene rings is 2. The standard InChI is InChI=1S/C36H52Br2NSi2/c1-25(2)40(26(3)4,27(5)6)21-13-19-39(20-14-22-41(28(7)8,29(9)10)30(11)12)35-17-15-31(37)23-33(35)34-24-32(38)16-18-36(34)39/h15-18,23-30H,19-20H2,1-12H3/q+1. The molecule has 5 heteroatoms. The van der Waals surface area contributed by atoms with Crippen molar-refractivity contribution in [1.29, 1.82) is 0 Å². The van der Waals surface area contributed by atoms with Gasteiger partial charge in [-0.3, -0.25) is 0 Å². The third-order valence-corrected chi connectivity index (χ3v) is 23.8. The highest BCUT2D eigenvalue weighted by molar-refractivity contribution is 9.10. The Morgan fingerprint density at radius 2 is 0.829 bits per heavy atom. The van der Waals surface area contributed by atoms with E-state index in [0.29, 0.717) is 37.7 Å². The van der Waals surface area contributed by atoms with Gasteiger partial charge in [-0.15, -0.1) is 11.1 Å². The van der Waals surface area contributed by atoms with Gasteiger partial charge in [0.15, 0.2) is 0 Å². The summed E-state index contributed by atoms with van der Waals surface area (Å²) in [7, 11) is -3.71. The average Bonchev–Trinajstić information content (AvgIpc) is 3.11. The minimum Gasteiger partial charge on any atom is -0.238 e. The quantitative estimate of drug-likeness (QED) is 0.145. The summed E-state index contributed by atoms with van der Waals surface area (Å²) < 4.78 is 2.90. The van der Waals surface area contributed by atoms with Crippen LogP contribution in [0.2, 0.25) is 33.2 Å². The van der Waals surface area contributed by atoms with Crippen LogP contribution in [-0.2, 0) is 0 Å². The van der Waals surface area contributed by atoms with Crippen LogP contribution in [-0.4, -0.2) is 29.2 Å². The van der Waals surface area contributed by atoms with E-state index in [2.05, 4.69) is 174 Å². The maximum absolute atomic E-state index is 4.04. The molecule has 0 saturated carbocycles. The van der Waals surface area contributed by atoms with E-state index in [4.69, 9.17) is 0 Å². The Bertz CT molecular complexity index is 1220. The van der Waals surface area contributed by atoms with Crippen molar-refractivity contribution < 1.29 is 0 Å². The highest BCUT2D eigenvalue weighted by atomic mass is 79.9. The number of hydrogen-bond donors (Lipinski definition) is 0. The van der Waals surface area contributed by atoms with E-state index in [1.807, 2.05) is 0 Å². The van der Waals surface area contributed by atoms with Crippen molar-refractivity contribution in [2.75, 3.05) is 13.1 Å². The summed E-state index contributed by atoms with van der Waals surface area (Å²) in [6.07, 6.45) is 0. The molecule has 3 rings (SSSR count). The lowest BCUT2D eigenvalue weighted by Gasteiger charge is -2.39. The van der Waals surface area contributed by atoms with E-state index in [-0.39, 0.29) is 0 Å². The molecule has 41 heavy (non-hydrogen) atoms. The monoisotopic (exact) mass is 712 g/mol. The Morgan fingerprint density at radius 3 is 1.10 bits per heavy atom. The second-order valence-electron chi connectivity index (χ2n) is 14.0. The Balaban J connectivity index is 2.30. The molecule has 222 valence electrons. The predicted molar refractivity (Wildman–Crippen MR) is 196 cm³/mol. The Kier molecular flexibility index (Phi) is 11.1. The fraction of sp³-hybridized carbons (Fsp3) is 0.556. The van der Waals surface area contributed by atoms with Gasteiger partial charge in [-0.25, -0.2) is 4.48 Å². The molecule has 0 N–H and O–H groups in total. The molecule has 0 atom stereocenters. The van der Waals surface area contributed by atoms with E-state index in [0.717, 1.165) is 22.0 Å². The van der Waals surface area contributed by atoms with Crippen molar-refractivity contribution in [1.82, 2.24) is 4.48 Å². The highest BCUT2D eigenvalue weighted by Crippen LogP contribution is 2.54. The molecule has 1 heterocycles. The van der Waals surface area contributed by atoms with Gasteiger partial charge < -0.3 is 0 Å². The predicted octanol–water partition coefficient (Wildman–Crippen LogP) is 12.3. The number of rotatable bonds is 8. The molecule has 0 aliphatic carbocycles. The highest BCUT2D eigenvalue weighted by Gasteiger charge is 2.46. The second kappa shape index (κ2) is 13.3. The molecule has 0 fully saturated rings. The number of nitrogens with zero attached hydrogens (tertiary/aromatic N) is 1. The van der Waals surface area contributed by atoms with Gasteiger partial charge in [0.25, 0.3) is 0 Å². The first-order valence-electron chi connectivity index (χ1n) is 15.6. The summed E-state index contributed by atoms with van der Waals surface area (Å²) in [5.74, 6) is 7.77. The van der Waals surface area contributed by atoms with E-state index < -0.39 is 16.1 Å². The summed E-state index contributed by atoms with van der Waals surface area (Å²) >= 11 is 7.52. The maximum Gasteiger partial charge on any atom is 0.150 e. The van der Waals surface area contributed by atoms with E-state index >= 15 is 0 Å². The molecule has 0 spiro atoms. The molecule has 2 aromatic rings. The summed E-state index contributed by atoms with van der Waals surface area (Å²) in [4.78, 5) is 0. The van der Waals surface area contributed by atoms with Crippen molar-refractivity contribution in [3.8, 4) is 34.1 Å². The fourth-order valence-electron chi connectivity index (χ4n) is 8.24. The first kappa shape index (κ1) is 34.4. The first-order valence-corrected chi connectivity index (χ1v) is 21.6. The van der Waals surface area contributed by atoms with Crippen LogP contribution in [0.25, 0.3) is 11.1 Å². The van der Waals surface area contributed by atoms with Crippen molar-refractivity contribution in [3.05, 3.63) is 45.3 Å². The van der Waals surface area contributed by atoms with Gasteiger partial charge >= 0.3 is 0 Å². The summed E-state index contributed by atoms with van der Waals surface area (Å²) in [5, 5.41) is 0. The Hall–Kier alpha value is -1.09. The Morgan fingerprint density at radius 1 is 0.537 bits per heavy atom. The van der Waals surface area contributed by atoms with Crippen molar-refractivity contribution in [2.45, 2.75) is 116 Å². The number of quaternary nitrogens is 1. The van der Waals surface area contributed by atoms with Gasteiger partial charge in [0.1, 0.15) is 40.6 Å². The third kappa shape index (κ3) is 6.14. The lowest BCUT2D eigenvalue weighted by Crippen LogP contribution is -2.46. The number of halogens is 2. The van der Waals surface area contributed by atoms with Gasteiger partial charge in [-0.05, 0) is 69.4 Å². The molecule has 0 unspecified atom stereocenters. The van der Waals surface area contributed by atoms with Crippen LogP contribution in [0.15, 0.2) is 45.3 Å². The summed E-state index contributed by atoms with van der Waals surface area (Å²) in [6.45, 7) is 30.3. The largest absolute Gasteiger partial charge is 0.238 e. The zero-order chi connectivity index (χ0) is 30.9. The van der Waals surface area contributed by atoms with E-state index in [1.54, 1.807) is 0 Å². The van der Waals surface area contributed by atoms with E-state index in [1.165, 1.54) is 22.5 Å². The molecular formula is C36H52Br2NSi2+. The zero-order valence-electron chi connectivity index (χ0n) is 27.5. The second-order valence-corrected chi connectivity index (χ2v) is 27.0. The van der Waals surface area contributed by atoms with Gasteiger partial charge in [0.05, 0.1) is 11.1 Å².